The number of piperidine rings is 1. The second-order valence-electron chi connectivity index (χ2n) is 6.68. The number of hydrogen-bond acceptors (Lipinski definition) is 3. The summed E-state index contributed by atoms with van der Waals surface area (Å²) in [5, 5.41) is 14.5. The summed E-state index contributed by atoms with van der Waals surface area (Å²) in [7, 11) is 0. The normalized spacial score (nSPS) is 18.9. The Labute approximate surface area is 136 Å². The summed E-state index contributed by atoms with van der Waals surface area (Å²) in [5.41, 5.74) is 0.627. The van der Waals surface area contributed by atoms with Crippen LogP contribution in [-0.4, -0.2) is 38.8 Å². The number of aromatic nitrogens is 2. The average Bonchev–Trinajstić information content (AvgIpc) is 3.05. The lowest BCUT2D eigenvalue weighted by Crippen LogP contribution is -2.40. The van der Waals surface area contributed by atoms with E-state index >= 15 is 0 Å². The molecule has 5 heteroatoms. The van der Waals surface area contributed by atoms with Gasteiger partial charge in [0.1, 0.15) is 0 Å². The highest BCUT2D eigenvalue weighted by Gasteiger charge is 2.27. The third kappa shape index (κ3) is 3.45. The minimum atomic E-state index is -0.896. The number of likely N-dealkylation sites (tertiary alicyclic amines) is 1. The smallest absolute Gasteiger partial charge is 0.253 e. The molecule has 1 amide bonds. The number of carbonyl (C=O) groups is 1. The van der Waals surface area contributed by atoms with Gasteiger partial charge < -0.3 is 10.0 Å². The quantitative estimate of drug-likeness (QED) is 0.947. The Morgan fingerprint density at radius 1 is 1.30 bits per heavy atom. The maximum Gasteiger partial charge on any atom is 0.253 e. The van der Waals surface area contributed by atoms with Crippen LogP contribution in [0.3, 0.4) is 0 Å². The van der Waals surface area contributed by atoms with Gasteiger partial charge in [-0.25, -0.2) is 0 Å². The van der Waals surface area contributed by atoms with Crippen molar-refractivity contribution in [3.63, 3.8) is 0 Å². The highest BCUT2D eigenvalue weighted by atomic mass is 16.3. The Morgan fingerprint density at radius 2 is 2.04 bits per heavy atom. The van der Waals surface area contributed by atoms with E-state index in [4.69, 9.17) is 0 Å². The van der Waals surface area contributed by atoms with Crippen molar-refractivity contribution in [2.75, 3.05) is 13.1 Å². The van der Waals surface area contributed by atoms with Gasteiger partial charge in [-0.3, -0.25) is 9.48 Å². The first-order chi connectivity index (χ1) is 10.9. The molecule has 1 aliphatic rings. The predicted molar refractivity (Wildman–Crippen MR) is 88.1 cm³/mol. The molecule has 0 aliphatic carbocycles. The molecule has 0 bridgehead atoms. The second kappa shape index (κ2) is 6.16. The van der Waals surface area contributed by atoms with Crippen LogP contribution in [0.25, 0.3) is 0 Å². The van der Waals surface area contributed by atoms with E-state index in [0.29, 0.717) is 6.54 Å². The minimum absolute atomic E-state index is 0.0742. The number of benzene rings is 1. The van der Waals surface area contributed by atoms with Gasteiger partial charge in [0, 0.05) is 30.4 Å². The van der Waals surface area contributed by atoms with E-state index in [9.17, 15) is 9.90 Å². The lowest BCUT2D eigenvalue weighted by Gasteiger charge is -2.33. The Bertz CT molecular complexity index is 673. The molecule has 1 atom stereocenters. The van der Waals surface area contributed by atoms with Crippen LogP contribution < -0.4 is 0 Å². The average molecular weight is 313 g/mol. The van der Waals surface area contributed by atoms with Crippen molar-refractivity contribution >= 4 is 5.91 Å². The zero-order valence-corrected chi connectivity index (χ0v) is 13.6. The van der Waals surface area contributed by atoms with Gasteiger partial charge in [0.2, 0.25) is 0 Å². The van der Waals surface area contributed by atoms with E-state index in [1.165, 1.54) is 0 Å². The number of nitrogens with zero attached hydrogens (tertiary/aromatic N) is 3. The van der Waals surface area contributed by atoms with Crippen LogP contribution in [-0.2, 0) is 5.60 Å². The van der Waals surface area contributed by atoms with Gasteiger partial charge in [-0.2, -0.15) is 5.10 Å². The summed E-state index contributed by atoms with van der Waals surface area (Å²) < 4.78 is 1.89. The molecule has 1 aromatic carbocycles. The SMILES string of the molecule is CC(C)(O)c1cnn([C@@H]2CCCN(C(=O)c3ccccc3)C2)c1. The molecule has 0 radical (unpaired) electrons. The third-order valence-electron chi connectivity index (χ3n) is 4.39. The molecule has 2 heterocycles. The zero-order chi connectivity index (χ0) is 16.4. The molecule has 0 saturated carbocycles. The first-order valence-corrected chi connectivity index (χ1v) is 8.06. The topological polar surface area (TPSA) is 58.4 Å². The van der Waals surface area contributed by atoms with E-state index in [-0.39, 0.29) is 11.9 Å². The van der Waals surface area contributed by atoms with Crippen LogP contribution in [0.5, 0.6) is 0 Å². The van der Waals surface area contributed by atoms with Gasteiger partial charge in [-0.15, -0.1) is 0 Å². The standard InChI is InChI=1S/C18H23N3O2/c1-18(2,23)15-11-19-21(12-15)16-9-6-10-20(13-16)17(22)14-7-4-3-5-8-14/h3-5,7-8,11-12,16,23H,6,9-10,13H2,1-2H3/t16-/m1/s1. The van der Waals surface area contributed by atoms with Crippen molar-refractivity contribution in [1.82, 2.24) is 14.7 Å². The molecule has 5 nitrogen and oxygen atoms in total. The molecule has 0 unspecified atom stereocenters. The number of rotatable bonds is 3. The summed E-state index contributed by atoms with van der Waals surface area (Å²) in [4.78, 5) is 14.5. The van der Waals surface area contributed by atoms with Crippen molar-refractivity contribution < 1.29 is 9.90 Å². The van der Waals surface area contributed by atoms with E-state index in [1.54, 1.807) is 20.0 Å². The Balaban J connectivity index is 1.73. The molecule has 122 valence electrons. The van der Waals surface area contributed by atoms with Gasteiger partial charge in [0.05, 0.1) is 17.8 Å². The molecule has 1 aromatic heterocycles. The number of aliphatic hydroxyl groups is 1. The highest BCUT2D eigenvalue weighted by molar-refractivity contribution is 5.94. The Kier molecular flexibility index (Phi) is 4.22. The van der Waals surface area contributed by atoms with Crippen LogP contribution in [0.4, 0.5) is 0 Å². The van der Waals surface area contributed by atoms with Crippen molar-refractivity contribution in [3.05, 3.63) is 53.9 Å². The van der Waals surface area contributed by atoms with Crippen LogP contribution in [0, 0.1) is 0 Å². The number of hydrogen-bond donors (Lipinski definition) is 1. The van der Waals surface area contributed by atoms with Crippen molar-refractivity contribution in [3.8, 4) is 0 Å². The molecular weight excluding hydrogens is 290 g/mol. The monoisotopic (exact) mass is 313 g/mol. The predicted octanol–water partition coefficient (Wildman–Crippen LogP) is 2.59. The van der Waals surface area contributed by atoms with Gasteiger partial charge in [0.15, 0.2) is 0 Å². The minimum Gasteiger partial charge on any atom is -0.386 e. The van der Waals surface area contributed by atoms with E-state index < -0.39 is 5.60 Å². The van der Waals surface area contributed by atoms with Crippen LogP contribution in [0.15, 0.2) is 42.7 Å². The molecule has 1 fully saturated rings. The Morgan fingerprint density at radius 3 is 2.70 bits per heavy atom. The number of carbonyl (C=O) groups excluding carboxylic acids is 1. The molecule has 3 rings (SSSR count). The molecule has 1 aliphatic heterocycles. The lowest BCUT2D eigenvalue weighted by atomic mass is 10.0. The fourth-order valence-corrected chi connectivity index (χ4v) is 2.97. The third-order valence-corrected chi connectivity index (χ3v) is 4.39. The van der Waals surface area contributed by atoms with E-state index in [1.807, 2.05) is 46.1 Å². The van der Waals surface area contributed by atoms with Crippen LogP contribution in [0.2, 0.25) is 0 Å². The van der Waals surface area contributed by atoms with E-state index in [0.717, 1.165) is 30.5 Å². The summed E-state index contributed by atoms with van der Waals surface area (Å²) >= 11 is 0. The highest BCUT2D eigenvalue weighted by Crippen LogP contribution is 2.25. The fourth-order valence-electron chi connectivity index (χ4n) is 2.97. The van der Waals surface area contributed by atoms with Gasteiger partial charge in [-0.05, 0) is 38.8 Å². The van der Waals surface area contributed by atoms with Crippen molar-refractivity contribution in [2.45, 2.75) is 38.3 Å². The Hall–Kier alpha value is -2.14. The molecule has 0 spiro atoms. The van der Waals surface area contributed by atoms with Gasteiger partial charge >= 0.3 is 0 Å². The van der Waals surface area contributed by atoms with Gasteiger partial charge in [-0.1, -0.05) is 18.2 Å². The van der Waals surface area contributed by atoms with Gasteiger partial charge in [0.25, 0.3) is 5.91 Å². The maximum absolute atomic E-state index is 12.6. The molecule has 23 heavy (non-hydrogen) atoms. The molecule has 1 N–H and O–H groups in total. The van der Waals surface area contributed by atoms with E-state index in [2.05, 4.69) is 5.10 Å². The largest absolute Gasteiger partial charge is 0.386 e. The summed E-state index contributed by atoms with van der Waals surface area (Å²) in [6.45, 7) is 4.94. The van der Waals surface area contributed by atoms with Crippen molar-refractivity contribution in [2.24, 2.45) is 0 Å². The second-order valence-corrected chi connectivity index (χ2v) is 6.68. The first-order valence-electron chi connectivity index (χ1n) is 8.06. The first kappa shape index (κ1) is 15.7. The summed E-state index contributed by atoms with van der Waals surface area (Å²) in [6, 6.07) is 9.55. The summed E-state index contributed by atoms with van der Waals surface area (Å²) in [6.07, 6.45) is 5.55. The maximum atomic E-state index is 12.6. The molecule has 2 aromatic rings. The zero-order valence-electron chi connectivity index (χ0n) is 13.6. The lowest BCUT2D eigenvalue weighted by molar-refractivity contribution is 0.0668. The fraction of sp³-hybridized carbons (Fsp3) is 0.444. The summed E-state index contributed by atoms with van der Waals surface area (Å²) in [5.74, 6) is 0.0742. The molecule has 1 saturated heterocycles. The van der Waals surface area contributed by atoms with Crippen LogP contribution >= 0.6 is 0 Å². The van der Waals surface area contributed by atoms with Crippen LogP contribution in [0.1, 0.15) is 48.7 Å². The number of amides is 1. The van der Waals surface area contributed by atoms with Crippen molar-refractivity contribution in [1.29, 1.82) is 0 Å². The molecular formula is C18H23N3O2.